The number of nitrogens with zero attached hydrogens (tertiary/aromatic N) is 1. The number of rotatable bonds is 6. The molecule has 0 aliphatic heterocycles. The molecular formula is C14H17ClN2O3. The normalized spacial score (nSPS) is 9.90. The van der Waals surface area contributed by atoms with Gasteiger partial charge in [-0.2, -0.15) is 0 Å². The quantitative estimate of drug-likeness (QED) is 0.790. The second-order valence-electron chi connectivity index (χ2n) is 4.16. The molecule has 0 unspecified atom stereocenters. The fourth-order valence-corrected chi connectivity index (χ4v) is 1.87. The molecule has 0 radical (unpaired) electrons. The Hall–Kier alpha value is -2.01. The van der Waals surface area contributed by atoms with Crippen molar-refractivity contribution in [2.45, 2.75) is 13.3 Å². The van der Waals surface area contributed by atoms with Crippen molar-refractivity contribution in [3.05, 3.63) is 41.4 Å². The van der Waals surface area contributed by atoms with Crippen LogP contribution in [0.5, 0.6) is 0 Å². The zero-order valence-electron chi connectivity index (χ0n) is 11.2. The number of aromatic carboxylic acids is 1. The highest BCUT2D eigenvalue weighted by Gasteiger charge is 2.16. The van der Waals surface area contributed by atoms with Crippen LogP contribution in [0, 0.1) is 0 Å². The van der Waals surface area contributed by atoms with Crippen LogP contribution in [0.1, 0.15) is 23.7 Å². The van der Waals surface area contributed by atoms with Gasteiger partial charge in [-0.1, -0.05) is 24.6 Å². The molecule has 108 valence electrons. The largest absolute Gasteiger partial charge is 0.478 e. The molecule has 6 heteroatoms. The molecule has 0 atom stereocenters. The smallest absolute Gasteiger partial charge is 0.337 e. The zero-order chi connectivity index (χ0) is 15.1. The number of amides is 2. The second-order valence-corrected chi connectivity index (χ2v) is 4.60. The molecule has 0 saturated heterocycles. The van der Waals surface area contributed by atoms with Gasteiger partial charge in [-0.25, -0.2) is 9.59 Å². The molecule has 0 aliphatic carbocycles. The summed E-state index contributed by atoms with van der Waals surface area (Å²) in [4.78, 5) is 24.8. The summed E-state index contributed by atoms with van der Waals surface area (Å²) in [5.74, 6) is -1.12. The monoisotopic (exact) mass is 296 g/mol. The second kappa shape index (κ2) is 7.55. The van der Waals surface area contributed by atoms with Crippen molar-refractivity contribution in [3.8, 4) is 0 Å². The Morgan fingerprint density at radius 1 is 1.50 bits per heavy atom. The summed E-state index contributed by atoms with van der Waals surface area (Å²) < 4.78 is 0. The molecule has 1 aromatic carbocycles. The van der Waals surface area contributed by atoms with Crippen LogP contribution in [0.25, 0.3) is 0 Å². The lowest BCUT2D eigenvalue weighted by atomic mass is 10.2. The fourth-order valence-electron chi connectivity index (χ4n) is 1.70. The van der Waals surface area contributed by atoms with Crippen molar-refractivity contribution in [1.82, 2.24) is 4.90 Å². The maximum absolute atomic E-state index is 12.1. The average Bonchev–Trinajstić information content (AvgIpc) is 2.38. The lowest BCUT2D eigenvalue weighted by Gasteiger charge is -2.21. The number of carbonyl (C=O) groups is 2. The maximum atomic E-state index is 12.1. The van der Waals surface area contributed by atoms with Gasteiger partial charge in [0, 0.05) is 18.1 Å². The first-order chi connectivity index (χ1) is 9.49. The van der Waals surface area contributed by atoms with E-state index < -0.39 is 5.97 Å². The van der Waals surface area contributed by atoms with Crippen molar-refractivity contribution >= 4 is 29.3 Å². The van der Waals surface area contributed by atoms with E-state index in [0.29, 0.717) is 18.1 Å². The standard InChI is InChI=1S/C14H17ClN2O3/c1-3-7-17(8-4-2)14(20)16-12-9-10(15)5-6-11(12)13(18)19/h3,5-6,9H,1,4,7-8H2,2H3,(H,16,20)(H,18,19). The van der Waals surface area contributed by atoms with Crippen molar-refractivity contribution in [2.75, 3.05) is 18.4 Å². The van der Waals surface area contributed by atoms with E-state index in [9.17, 15) is 9.59 Å². The topological polar surface area (TPSA) is 69.6 Å². The number of carboxylic acids is 1. The Bertz CT molecular complexity index is 517. The SMILES string of the molecule is C=CCN(CCC)C(=O)Nc1cc(Cl)ccc1C(=O)O. The Balaban J connectivity index is 2.96. The highest BCUT2D eigenvalue weighted by molar-refractivity contribution is 6.31. The van der Waals surface area contributed by atoms with Crippen LogP contribution in [0.2, 0.25) is 5.02 Å². The van der Waals surface area contributed by atoms with E-state index in [4.69, 9.17) is 16.7 Å². The summed E-state index contributed by atoms with van der Waals surface area (Å²) in [6, 6.07) is 3.86. The number of carboxylic acid groups (broad SMARTS) is 1. The van der Waals surface area contributed by atoms with Crippen LogP contribution in [0.15, 0.2) is 30.9 Å². The number of nitrogens with one attached hydrogen (secondary N) is 1. The third-order valence-electron chi connectivity index (χ3n) is 2.58. The molecule has 1 aromatic rings. The van der Waals surface area contributed by atoms with Crippen molar-refractivity contribution in [1.29, 1.82) is 0 Å². The molecule has 0 bridgehead atoms. The van der Waals surface area contributed by atoms with Crippen LogP contribution < -0.4 is 5.32 Å². The van der Waals surface area contributed by atoms with E-state index in [0.717, 1.165) is 6.42 Å². The summed E-state index contributed by atoms with van der Waals surface area (Å²) in [6.07, 6.45) is 2.41. The van der Waals surface area contributed by atoms with Crippen molar-refractivity contribution in [3.63, 3.8) is 0 Å². The molecule has 0 aliphatic rings. The third kappa shape index (κ3) is 4.28. The summed E-state index contributed by atoms with van der Waals surface area (Å²) in [7, 11) is 0. The van der Waals surface area contributed by atoms with E-state index in [-0.39, 0.29) is 17.3 Å². The molecule has 0 heterocycles. The number of anilines is 1. The summed E-state index contributed by atoms with van der Waals surface area (Å²) in [5, 5.41) is 12.0. The van der Waals surface area contributed by atoms with Gasteiger partial charge >= 0.3 is 12.0 Å². The van der Waals surface area contributed by atoms with E-state index in [1.165, 1.54) is 18.2 Å². The van der Waals surface area contributed by atoms with Crippen LogP contribution >= 0.6 is 11.6 Å². The number of carbonyl (C=O) groups excluding carboxylic acids is 1. The third-order valence-corrected chi connectivity index (χ3v) is 2.82. The summed E-state index contributed by atoms with van der Waals surface area (Å²) >= 11 is 5.83. The highest BCUT2D eigenvalue weighted by atomic mass is 35.5. The number of halogens is 1. The van der Waals surface area contributed by atoms with E-state index in [2.05, 4.69) is 11.9 Å². The predicted molar refractivity (Wildman–Crippen MR) is 79.5 cm³/mol. The van der Waals surface area contributed by atoms with Crippen LogP contribution in [0.3, 0.4) is 0 Å². The van der Waals surface area contributed by atoms with Crippen molar-refractivity contribution < 1.29 is 14.7 Å². The van der Waals surface area contributed by atoms with Gasteiger partial charge in [0.05, 0.1) is 11.3 Å². The zero-order valence-corrected chi connectivity index (χ0v) is 12.0. The average molecular weight is 297 g/mol. The van der Waals surface area contributed by atoms with Gasteiger partial charge in [0.15, 0.2) is 0 Å². The molecule has 0 spiro atoms. The minimum absolute atomic E-state index is 0.00204. The van der Waals surface area contributed by atoms with Gasteiger partial charge in [0.25, 0.3) is 0 Å². The Kier molecular flexibility index (Phi) is 6.06. The molecule has 5 nitrogen and oxygen atoms in total. The van der Waals surface area contributed by atoms with Gasteiger partial charge in [-0.15, -0.1) is 6.58 Å². The summed E-state index contributed by atoms with van der Waals surface area (Å²) in [5.41, 5.74) is 0.179. The molecule has 20 heavy (non-hydrogen) atoms. The molecule has 2 N–H and O–H groups in total. The van der Waals surface area contributed by atoms with Crippen LogP contribution in [-0.2, 0) is 0 Å². The van der Waals surface area contributed by atoms with Gasteiger partial charge in [0.1, 0.15) is 0 Å². The number of urea groups is 1. The molecule has 1 rings (SSSR count). The molecule has 0 fully saturated rings. The van der Waals surface area contributed by atoms with Crippen LogP contribution in [0.4, 0.5) is 10.5 Å². The van der Waals surface area contributed by atoms with Gasteiger partial charge in [-0.3, -0.25) is 0 Å². The minimum atomic E-state index is -1.12. The lowest BCUT2D eigenvalue weighted by molar-refractivity contribution is 0.0698. The Labute approximate surface area is 122 Å². The first-order valence-corrected chi connectivity index (χ1v) is 6.57. The van der Waals surface area contributed by atoms with E-state index in [1.807, 2.05) is 6.92 Å². The minimum Gasteiger partial charge on any atom is -0.478 e. The lowest BCUT2D eigenvalue weighted by Crippen LogP contribution is -2.36. The maximum Gasteiger partial charge on any atom is 0.337 e. The Morgan fingerprint density at radius 2 is 2.20 bits per heavy atom. The first-order valence-electron chi connectivity index (χ1n) is 6.19. The summed E-state index contributed by atoms with van der Waals surface area (Å²) in [6.45, 7) is 6.49. The number of hydrogen-bond acceptors (Lipinski definition) is 2. The highest BCUT2D eigenvalue weighted by Crippen LogP contribution is 2.21. The van der Waals surface area contributed by atoms with Gasteiger partial charge < -0.3 is 15.3 Å². The molecule has 2 amide bonds. The van der Waals surface area contributed by atoms with Crippen LogP contribution in [-0.4, -0.2) is 35.1 Å². The number of hydrogen-bond donors (Lipinski definition) is 2. The predicted octanol–water partition coefficient (Wildman–Crippen LogP) is 3.47. The number of benzene rings is 1. The first kappa shape index (κ1) is 16.0. The van der Waals surface area contributed by atoms with Gasteiger partial charge in [-0.05, 0) is 24.6 Å². The molecule has 0 saturated carbocycles. The molecular weight excluding hydrogens is 280 g/mol. The fraction of sp³-hybridized carbons (Fsp3) is 0.286. The van der Waals surface area contributed by atoms with Gasteiger partial charge in [0.2, 0.25) is 0 Å². The Morgan fingerprint density at radius 3 is 2.75 bits per heavy atom. The van der Waals surface area contributed by atoms with E-state index >= 15 is 0 Å². The van der Waals surface area contributed by atoms with Crippen molar-refractivity contribution in [2.24, 2.45) is 0 Å². The van der Waals surface area contributed by atoms with E-state index in [1.54, 1.807) is 11.0 Å². The molecule has 0 aromatic heterocycles.